The maximum absolute atomic E-state index is 5.50. The summed E-state index contributed by atoms with van der Waals surface area (Å²) in [6, 6.07) is 2.05. The molecular weight excluding hydrogens is 440 g/mol. The molecule has 1 unspecified atom stereocenters. The van der Waals surface area contributed by atoms with Crippen LogP contribution in [0.25, 0.3) is 22.3 Å². The van der Waals surface area contributed by atoms with Crippen molar-refractivity contribution in [1.82, 2.24) is 29.9 Å². The second kappa shape index (κ2) is 9.78. The molecule has 2 aliphatic heterocycles. The molecule has 9 nitrogen and oxygen atoms in total. The van der Waals surface area contributed by atoms with E-state index in [0.717, 1.165) is 66.1 Å². The Morgan fingerprint density at radius 1 is 1.23 bits per heavy atom. The summed E-state index contributed by atoms with van der Waals surface area (Å²) in [4.78, 5) is 9.48. The SMILES string of the molecule is CCC1(C)CC1.CNc1cn[nH]c1-c1cc2nn(CC3CCN(C)C3)c(N3CC(OC)C3)c2cn1. The molecule has 190 valence electrons. The zero-order valence-electron chi connectivity index (χ0n) is 21.8. The third-order valence-electron chi connectivity index (χ3n) is 8.12. The molecule has 0 amide bonds. The standard InChI is InChI=1S/C20H28N8O.C6H12/c1-21-18-8-23-24-19(18)17-6-16-15(7-22-17)20(27-11-14(12-27)29-3)28(25-16)10-13-4-5-26(2)9-13;1-3-6(2)4-5-6/h6-8,13-14,21H,4-5,9-12H2,1-3H3,(H,23,24);3-5H2,1-2H3. The Morgan fingerprint density at radius 2 is 2.03 bits per heavy atom. The smallest absolute Gasteiger partial charge is 0.136 e. The molecule has 2 saturated heterocycles. The number of pyridine rings is 1. The van der Waals surface area contributed by atoms with Crippen molar-refractivity contribution in [2.24, 2.45) is 11.3 Å². The lowest BCUT2D eigenvalue weighted by molar-refractivity contribution is 0.0778. The van der Waals surface area contributed by atoms with Crippen LogP contribution in [-0.4, -0.2) is 83.3 Å². The van der Waals surface area contributed by atoms with Gasteiger partial charge in [0.15, 0.2) is 0 Å². The largest absolute Gasteiger partial charge is 0.385 e. The monoisotopic (exact) mass is 480 g/mol. The molecule has 1 aliphatic carbocycles. The number of aromatic amines is 1. The Bertz CT molecular complexity index is 1140. The number of likely N-dealkylation sites (tertiary alicyclic amines) is 1. The van der Waals surface area contributed by atoms with E-state index < -0.39 is 0 Å². The summed E-state index contributed by atoms with van der Waals surface area (Å²) in [7, 11) is 5.86. The highest BCUT2D eigenvalue weighted by atomic mass is 16.5. The van der Waals surface area contributed by atoms with Crippen molar-refractivity contribution in [2.75, 3.05) is 57.6 Å². The average molecular weight is 481 g/mol. The summed E-state index contributed by atoms with van der Waals surface area (Å²) in [6.07, 6.45) is 9.56. The van der Waals surface area contributed by atoms with Gasteiger partial charge in [0, 0.05) is 46.5 Å². The van der Waals surface area contributed by atoms with E-state index in [1.165, 1.54) is 31.5 Å². The summed E-state index contributed by atoms with van der Waals surface area (Å²) in [5.74, 6) is 1.80. The van der Waals surface area contributed by atoms with Crippen LogP contribution in [0.5, 0.6) is 0 Å². The molecule has 3 aliphatic rings. The topological polar surface area (TPSA) is 87.1 Å². The molecule has 0 spiro atoms. The molecule has 0 aromatic carbocycles. The lowest BCUT2D eigenvalue weighted by atomic mass is 10.1. The Labute approximate surface area is 208 Å². The van der Waals surface area contributed by atoms with Crippen molar-refractivity contribution >= 4 is 22.4 Å². The van der Waals surface area contributed by atoms with Crippen LogP contribution in [0.15, 0.2) is 18.5 Å². The fraction of sp³-hybridized carbons (Fsp3) is 0.654. The van der Waals surface area contributed by atoms with Gasteiger partial charge in [0.1, 0.15) is 11.5 Å². The van der Waals surface area contributed by atoms with E-state index in [0.29, 0.717) is 12.0 Å². The van der Waals surface area contributed by atoms with Crippen LogP contribution in [-0.2, 0) is 11.3 Å². The molecule has 2 N–H and O–H groups in total. The van der Waals surface area contributed by atoms with E-state index in [4.69, 9.17) is 14.8 Å². The van der Waals surface area contributed by atoms with Gasteiger partial charge in [-0.05, 0) is 50.3 Å². The van der Waals surface area contributed by atoms with Crippen molar-refractivity contribution < 1.29 is 4.74 Å². The predicted octanol–water partition coefficient (Wildman–Crippen LogP) is 3.85. The van der Waals surface area contributed by atoms with Crippen molar-refractivity contribution in [3.63, 3.8) is 0 Å². The number of anilines is 2. The molecule has 0 bridgehead atoms. The minimum Gasteiger partial charge on any atom is -0.385 e. The Hall–Kier alpha value is -2.65. The van der Waals surface area contributed by atoms with Gasteiger partial charge in [-0.2, -0.15) is 10.2 Å². The van der Waals surface area contributed by atoms with Gasteiger partial charge in [0.2, 0.25) is 0 Å². The number of hydrogen-bond acceptors (Lipinski definition) is 7. The van der Waals surface area contributed by atoms with Crippen LogP contribution in [0.3, 0.4) is 0 Å². The summed E-state index contributed by atoms with van der Waals surface area (Å²) >= 11 is 0. The van der Waals surface area contributed by atoms with Crippen LogP contribution < -0.4 is 10.2 Å². The molecule has 0 radical (unpaired) electrons. The normalized spacial score (nSPS) is 21.6. The number of nitrogens with zero attached hydrogens (tertiary/aromatic N) is 6. The van der Waals surface area contributed by atoms with E-state index in [1.54, 1.807) is 13.3 Å². The first-order chi connectivity index (χ1) is 16.9. The highest BCUT2D eigenvalue weighted by molar-refractivity contribution is 5.92. The molecular formula is C26H40N8O. The maximum atomic E-state index is 5.50. The summed E-state index contributed by atoms with van der Waals surface area (Å²) in [5, 5.41) is 16.4. The van der Waals surface area contributed by atoms with Gasteiger partial charge < -0.3 is 19.9 Å². The van der Waals surface area contributed by atoms with Crippen LogP contribution in [0, 0.1) is 11.3 Å². The third-order valence-corrected chi connectivity index (χ3v) is 8.12. The zero-order valence-corrected chi connectivity index (χ0v) is 21.8. The van der Waals surface area contributed by atoms with Gasteiger partial charge in [-0.3, -0.25) is 10.1 Å². The minimum atomic E-state index is 0.293. The number of fused-ring (bicyclic) bond motifs is 1. The number of aromatic nitrogens is 5. The van der Waals surface area contributed by atoms with Gasteiger partial charge in [0.05, 0.1) is 34.6 Å². The average Bonchev–Trinajstić information content (AvgIpc) is 3.17. The van der Waals surface area contributed by atoms with Gasteiger partial charge in [-0.25, -0.2) is 4.68 Å². The quantitative estimate of drug-likeness (QED) is 0.531. The first-order valence-electron chi connectivity index (χ1n) is 13.0. The molecule has 1 saturated carbocycles. The lowest BCUT2D eigenvalue weighted by Crippen LogP contribution is -2.52. The van der Waals surface area contributed by atoms with Crippen LogP contribution in [0.2, 0.25) is 0 Å². The lowest BCUT2D eigenvalue weighted by Gasteiger charge is -2.40. The number of methoxy groups -OCH3 is 1. The Balaban J connectivity index is 0.000000371. The molecule has 35 heavy (non-hydrogen) atoms. The first-order valence-corrected chi connectivity index (χ1v) is 13.0. The van der Waals surface area contributed by atoms with E-state index in [1.807, 2.05) is 13.2 Å². The summed E-state index contributed by atoms with van der Waals surface area (Å²) in [6.45, 7) is 9.64. The van der Waals surface area contributed by atoms with E-state index in [9.17, 15) is 0 Å². The van der Waals surface area contributed by atoms with Crippen molar-refractivity contribution in [3.05, 3.63) is 18.5 Å². The number of ether oxygens (including phenoxy) is 1. The van der Waals surface area contributed by atoms with Gasteiger partial charge >= 0.3 is 0 Å². The van der Waals surface area contributed by atoms with Crippen molar-refractivity contribution in [3.8, 4) is 11.4 Å². The second-order valence-corrected chi connectivity index (χ2v) is 10.8. The Kier molecular flexibility index (Phi) is 6.72. The number of rotatable bonds is 7. The minimum absolute atomic E-state index is 0.293. The number of hydrogen-bond donors (Lipinski definition) is 2. The Morgan fingerprint density at radius 3 is 2.63 bits per heavy atom. The van der Waals surface area contributed by atoms with E-state index >= 15 is 0 Å². The van der Waals surface area contributed by atoms with Crippen LogP contribution in [0.1, 0.15) is 39.5 Å². The molecule has 9 heteroatoms. The molecule has 3 aromatic heterocycles. The van der Waals surface area contributed by atoms with Gasteiger partial charge in [-0.1, -0.05) is 20.3 Å². The van der Waals surface area contributed by atoms with Gasteiger partial charge in [0.25, 0.3) is 0 Å². The second-order valence-electron chi connectivity index (χ2n) is 10.8. The highest BCUT2D eigenvalue weighted by Crippen LogP contribution is 2.47. The molecule has 3 aromatic rings. The van der Waals surface area contributed by atoms with Crippen LogP contribution >= 0.6 is 0 Å². The highest BCUT2D eigenvalue weighted by Gasteiger charge is 2.34. The van der Waals surface area contributed by atoms with Crippen molar-refractivity contribution in [1.29, 1.82) is 0 Å². The number of nitrogens with one attached hydrogen (secondary N) is 2. The van der Waals surface area contributed by atoms with E-state index in [-0.39, 0.29) is 0 Å². The molecule has 1 atom stereocenters. The molecule has 5 heterocycles. The fourth-order valence-electron chi connectivity index (χ4n) is 5.03. The first kappa shape index (κ1) is 24.1. The van der Waals surface area contributed by atoms with Crippen LogP contribution in [0.4, 0.5) is 11.5 Å². The number of H-pyrrole nitrogens is 1. The van der Waals surface area contributed by atoms with E-state index in [2.05, 4.69) is 57.0 Å². The van der Waals surface area contributed by atoms with Crippen molar-refractivity contribution in [2.45, 2.75) is 52.2 Å². The molecule has 6 rings (SSSR count). The zero-order chi connectivity index (χ0) is 24.6. The maximum Gasteiger partial charge on any atom is 0.136 e. The predicted molar refractivity (Wildman–Crippen MR) is 141 cm³/mol. The summed E-state index contributed by atoms with van der Waals surface area (Å²) < 4.78 is 7.69. The molecule has 3 fully saturated rings. The fourth-order valence-corrected chi connectivity index (χ4v) is 5.03. The summed E-state index contributed by atoms with van der Waals surface area (Å²) in [5.41, 5.74) is 4.41. The van der Waals surface area contributed by atoms with Gasteiger partial charge in [-0.15, -0.1) is 0 Å². The third kappa shape index (κ3) is 5.02.